The summed E-state index contributed by atoms with van der Waals surface area (Å²) in [4.78, 5) is 23.6. The Morgan fingerprint density at radius 1 is 1.13 bits per heavy atom. The van der Waals surface area contributed by atoms with Gasteiger partial charge in [-0.05, 0) is 49.1 Å². The molecule has 4 nitrogen and oxygen atoms in total. The average Bonchev–Trinajstić information content (AvgIpc) is 3.26. The fraction of sp³-hybridized carbons (Fsp3) is 0.407. The van der Waals surface area contributed by atoms with Crippen LogP contribution in [0.5, 0.6) is 5.75 Å². The maximum absolute atomic E-state index is 12.3. The summed E-state index contributed by atoms with van der Waals surface area (Å²) >= 11 is 0. The standard InChI is InChI=1S/C27H30O4/c1-18-16-24-26(22(18)14-15-25(29)30-17-20-9-4-3-5-10-20)23-13-7-12-21(27(23)31-24)11-6-8-19(2)28/h3-5,7,9-10,12-15,18,22,24,26H,6,8,11,16-17H2,1-2H3/b15-14+/t18-,22+,24+,26+/m1/s1. The highest BCUT2D eigenvalue weighted by Crippen LogP contribution is 2.54. The number of esters is 1. The summed E-state index contributed by atoms with van der Waals surface area (Å²) in [5.74, 6) is 1.85. The summed E-state index contributed by atoms with van der Waals surface area (Å²) in [7, 11) is 0. The number of hydrogen-bond donors (Lipinski definition) is 0. The quantitative estimate of drug-likeness (QED) is 0.426. The minimum Gasteiger partial charge on any atom is -0.489 e. The number of rotatable bonds is 8. The Hall–Kier alpha value is -2.88. The van der Waals surface area contributed by atoms with Crippen molar-refractivity contribution in [2.75, 3.05) is 0 Å². The molecule has 2 aromatic carbocycles. The second-order valence-corrected chi connectivity index (χ2v) is 8.82. The number of ether oxygens (including phenoxy) is 2. The number of hydrogen-bond acceptors (Lipinski definition) is 4. The van der Waals surface area contributed by atoms with Crippen LogP contribution < -0.4 is 4.74 Å². The zero-order valence-corrected chi connectivity index (χ0v) is 18.3. The summed E-state index contributed by atoms with van der Waals surface area (Å²) in [6.07, 6.45) is 7.02. The molecular formula is C27H30O4. The van der Waals surface area contributed by atoms with E-state index in [0.29, 0.717) is 12.3 Å². The van der Waals surface area contributed by atoms with Crippen molar-refractivity contribution in [3.8, 4) is 5.75 Å². The Bertz CT molecular complexity index is 962. The van der Waals surface area contributed by atoms with Crippen molar-refractivity contribution in [1.82, 2.24) is 0 Å². The van der Waals surface area contributed by atoms with Gasteiger partial charge in [0.2, 0.25) is 0 Å². The van der Waals surface area contributed by atoms with Gasteiger partial charge >= 0.3 is 5.97 Å². The number of fused-ring (bicyclic) bond motifs is 3. The number of Topliss-reactive ketones (excluding diaryl/α,β-unsaturated/α-hetero) is 1. The molecular weight excluding hydrogens is 388 g/mol. The number of allylic oxidation sites excluding steroid dienone is 1. The summed E-state index contributed by atoms with van der Waals surface area (Å²) in [6, 6.07) is 16.1. The molecule has 0 amide bonds. The van der Waals surface area contributed by atoms with Crippen LogP contribution in [0.1, 0.15) is 55.7 Å². The highest BCUT2D eigenvalue weighted by Gasteiger charge is 2.47. The highest BCUT2D eigenvalue weighted by molar-refractivity contribution is 5.82. The number of carbonyl (C=O) groups excluding carboxylic acids is 2. The Morgan fingerprint density at radius 3 is 2.71 bits per heavy atom. The molecule has 0 radical (unpaired) electrons. The van der Waals surface area contributed by atoms with Crippen molar-refractivity contribution in [3.05, 3.63) is 77.4 Å². The minimum atomic E-state index is -0.309. The molecule has 4 heteroatoms. The smallest absolute Gasteiger partial charge is 0.330 e. The van der Waals surface area contributed by atoms with E-state index in [0.717, 1.165) is 30.6 Å². The van der Waals surface area contributed by atoms with Crippen LogP contribution in [-0.2, 0) is 27.4 Å². The Labute approximate surface area is 184 Å². The monoisotopic (exact) mass is 418 g/mol. The van der Waals surface area contributed by atoms with Crippen molar-refractivity contribution in [1.29, 1.82) is 0 Å². The normalized spacial score (nSPS) is 23.9. The predicted octanol–water partition coefficient (Wildman–Crippen LogP) is 5.40. The van der Waals surface area contributed by atoms with Crippen LogP contribution in [0.4, 0.5) is 0 Å². The molecule has 0 spiro atoms. The van der Waals surface area contributed by atoms with Gasteiger partial charge in [-0.3, -0.25) is 0 Å². The minimum absolute atomic E-state index is 0.147. The number of ketones is 1. The molecule has 4 rings (SSSR count). The van der Waals surface area contributed by atoms with E-state index in [-0.39, 0.29) is 36.3 Å². The Balaban J connectivity index is 1.43. The predicted molar refractivity (Wildman–Crippen MR) is 120 cm³/mol. The third-order valence-corrected chi connectivity index (χ3v) is 6.49. The zero-order chi connectivity index (χ0) is 21.8. The van der Waals surface area contributed by atoms with E-state index in [1.54, 1.807) is 13.0 Å². The van der Waals surface area contributed by atoms with Crippen molar-refractivity contribution in [3.63, 3.8) is 0 Å². The van der Waals surface area contributed by atoms with Crippen molar-refractivity contribution < 1.29 is 19.1 Å². The molecule has 0 aromatic heterocycles. The number of para-hydroxylation sites is 1. The van der Waals surface area contributed by atoms with Crippen LogP contribution in [0.3, 0.4) is 0 Å². The molecule has 31 heavy (non-hydrogen) atoms. The van der Waals surface area contributed by atoms with Crippen LogP contribution in [0.15, 0.2) is 60.7 Å². The van der Waals surface area contributed by atoms with Gasteiger partial charge in [-0.1, -0.05) is 61.5 Å². The van der Waals surface area contributed by atoms with Gasteiger partial charge in [0.1, 0.15) is 24.2 Å². The first kappa shape index (κ1) is 21.4. The van der Waals surface area contributed by atoms with Gasteiger partial charge in [0.15, 0.2) is 0 Å². The molecule has 0 bridgehead atoms. The average molecular weight is 419 g/mol. The molecule has 1 aliphatic heterocycles. The number of benzene rings is 2. The third-order valence-electron chi connectivity index (χ3n) is 6.49. The van der Waals surface area contributed by atoms with Crippen molar-refractivity contribution >= 4 is 11.8 Å². The second kappa shape index (κ2) is 9.51. The molecule has 1 heterocycles. The largest absolute Gasteiger partial charge is 0.489 e. The van der Waals surface area contributed by atoms with Crippen LogP contribution in [0.2, 0.25) is 0 Å². The lowest BCUT2D eigenvalue weighted by molar-refractivity contribution is -0.139. The Morgan fingerprint density at radius 2 is 1.94 bits per heavy atom. The van der Waals surface area contributed by atoms with Crippen LogP contribution in [0, 0.1) is 11.8 Å². The zero-order valence-electron chi connectivity index (χ0n) is 18.3. The van der Waals surface area contributed by atoms with Gasteiger partial charge in [0.05, 0.1) is 0 Å². The van der Waals surface area contributed by atoms with Gasteiger partial charge in [0, 0.05) is 24.0 Å². The SMILES string of the molecule is CC(=O)CCCc1cccc2c1O[C@H]1C[C@@H](C)[C@H](/C=C/C(=O)OCc3ccccc3)[C@@H]21. The molecule has 2 aromatic rings. The molecule has 1 fully saturated rings. The third kappa shape index (κ3) is 4.90. The lowest BCUT2D eigenvalue weighted by Gasteiger charge is -2.18. The second-order valence-electron chi connectivity index (χ2n) is 8.82. The van der Waals surface area contributed by atoms with Gasteiger partial charge in [-0.15, -0.1) is 0 Å². The first-order chi connectivity index (χ1) is 15.0. The Kier molecular flexibility index (Phi) is 6.55. The molecule has 4 atom stereocenters. The van der Waals surface area contributed by atoms with E-state index in [9.17, 15) is 9.59 Å². The van der Waals surface area contributed by atoms with Crippen molar-refractivity contribution in [2.24, 2.45) is 11.8 Å². The summed E-state index contributed by atoms with van der Waals surface area (Å²) < 4.78 is 11.8. The van der Waals surface area contributed by atoms with Gasteiger partial charge < -0.3 is 14.3 Å². The van der Waals surface area contributed by atoms with Gasteiger partial charge in [-0.25, -0.2) is 4.79 Å². The molecule has 2 aliphatic rings. The van der Waals surface area contributed by atoms with E-state index in [1.165, 1.54) is 11.1 Å². The lowest BCUT2D eigenvalue weighted by Crippen LogP contribution is -2.15. The summed E-state index contributed by atoms with van der Waals surface area (Å²) in [6.45, 7) is 4.15. The van der Waals surface area contributed by atoms with E-state index in [4.69, 9.17) is 9.47 Å². The fourth-order valence-electron chi connectivity index (χ4n) is 4.96. The molecule has 0 unspecified atom stereocenters. The number of aryl methyl sites for hydroxylation is 1. The molecule has 0 N–H and O–H groups in total. The van der Waals surface area contributed by atoms with E-state index in [1.807, 2.05) is 36.4 Å². The maximum atomic E-state index is 12.3. The first-order valence-electron chi connectivity index (χ1n) is 11.2. The topological polar surface area (TPSA) is 52.6 Å². The van der Waals surface area contributed by atoms with Crippen LogP contribution in [0.25, 0.3) is 0 Å². The molecule has 1 saturated carbocycles. The van der Waals surface area contributed by atoms with Crippen LogP contribution in [-0.4, -0.2) is 17.9 Å². The van der Waals surface area contributed by atoms with E-state index in [2.05, 4.69) is 25.1 Å². The van der Waals surface area contributed by atoms with E-state index < -0.39 is 0 Å². The number of carbonyl (C=O) groups is 2. The molecule has 0 saturated heterocycles. The van der Waals surface area contributed by atoms with Crippen LogP contribution >= 0.6 is 0 Å². The molecule has 162 valence electrons. The van der Waals surface area contributed by atoms with Gasteiger partial charge in [-0.2, -0.15) is 0 Å². The maximum Gasteiger partial charge on any atom is 0.330 e. The molecule has 1 aliphatic carbocycles. The highest BCUT2D eigenvalue weighted by atomic mass is 16.5. The first-order valence-corrected chi connectivity index (χ1v) is 11.2. The lowest BCUT2D eigenvalue weighted by atomic mass is 9.84. The summed E-state index contributed by atoms with van der Waals surface area (Å²) in [5, 5.41) is 0. The fourth-order valence-corrected chi connectivity index (χ4v) is 4.96. The summed E-state index contributed by atoms with van der Waals surface area (Å²) in [5.41, 5.74) is 3.40. The van der Waals surface area contributed by atoms with Gasteiger partial charge in [0.25, 0.3) is 0 Å². The van der Waals surface area contributed by atoms with E-state index >= 15 is 0 Å². The van der Waals surface area contributed by atoms with Crippen molar-refractivity contribution in [2.45, 2.75) is 58.2 Å².